The molecule has 176 valence electrons. The lowest BCUT2D eigenvalue weighted by Crippen LogP contribution is -2.26. The summed E-state index contributed by atoms with van der Waals surface area (Å²) in [4.78, 5) is 17.3. The van der Waals surface area contributed by atoms with E-state index in [9.17, 15) is 4.79 Å². The number of methoxy groups -OCH3 is 1. The van der Waals surface area contributed by atoms with Crippen LogP contribution >= 0.6 is 11.6 Å². The summed E-state index contributed by atoms with van der Waals surface area (Å²) in [7, 11) is 1.58. The van der Waals surface area contributed by atoms with Crippen molar-refractivity contribution in [1.82, 2.24) is 14.9 Å². The Morgan fingerprint density at radius 1 is 1.03 bits per heavy atom. The summed E-state index contributed by atoms with van der Waals surface area (Å²) < 4.78 is 13.4. The van der Waals surface area contributed by atoms with Crippen molar-refractivity contribution >= 4 is 28.5 Å². The predicted molar refractivity (Wildman–Crippen MR) is 135 cm³/mol. The summed E-state index contributed by atoms with van der Waals surface area (Å²) >= 11 is 6.27. The number of aryl methyl sites for hydroxylation is 2. The zero-order valence-electron chi connectivity index (χ0n) is 19.6. The minimum Gasteiger partial charge on any atom is -0.497 e. The number of carbonyl (C=O) groups is 1. The first-order valence-electron chi connectivity index (χ1n) is 11.2. The van der Waals surface area contributed by atoms with Gasteiger partial charge in [-0.15, -0.1) is 0 Å². The number of halogens is 1. The topological polar surface area (TPSA) is 65.4 Å². The third-order valence-corrected chi connectivity index (χ3v) is 6.29. The van der Waals surface area contributed by atoms with Crippen molar-refractivity contribution in [1.29, 1.82) is 0 Å². The van der Waals surface area contributed by atoms with Crippen molar-refractivity contribution in [2.45, 2.75) is 26.8 Å². The van der Waals surface area contributed by atoms with Crippen LogP contribution in [0.1, 0.15) is 27.3 Å². The lowest BCUT2D eigenvalue weighted by Gasteiger charge is -2.13. The summed E-state index contributed by atoms with van der Waals surface area (Å²) in [5.41, 5.74) is 4.53. The van der Waals surface area contributed by atoms with Crippen molar-refractivity contribution < 1.29 is 14.3 Å². The van der Waals surface area contributed by atoms with E-state index in [2.05, 4.69) is 16.0 Å². The number of nitrogens with zero attached hydrogens (tertiary/aromatic N) is 2. The highest BCUT2D eigenvalue weighted by atomic mass is 35.5. The second-order valence-corrected chi connectivity index (χ2v) is 8.50. The maximum absolute atomic E-state index is 12.5. The van der Waals surface area contributed by atoms with Crippen LogP contribution in [0.15, 0.2) is 60.7 Å². The second kappa shape index (κ2) is 10.6. The van der Waals surface area contributed by atoms with Crippen LogP contribution in [0.4, 0.5) is 0 Å². The van der Waals surface area contributed by atoms with E-state index in [1.54, 1.807) is 25.3 Å². The number of nitrogens with one attached hydrogen (secondary N) is 1. The van der Waals surface area contributed by atoms with Gasteiger partial charge < -0.3 is 19.4 Å². The highest BCUT2D eigenvalue weighted by molar-refractivity contribution is 6.32. The summed E-state index contributed by atoms with van der Waals surface area (Å²) in [5.74, 6) is 2.22. The first-order chi connectivity index (χ1) is 16.5. The Morgan fingerprint density at radius 3 is 2.56 bits per heavy atom. The fourth-order valence-electron chi connectivity index (χ4n) is 3.96. The maximum Gasteiger partial charge on any atom is 0.251 e. The Hall–Kier alpha value is -3.51. The molecule has 0 saturated heterocycles. The molecule has 3 aromatic carbocycles. The lowest BCUT2D eigenvalue weighted by atomic mass is 10.1. The molecule has 6 nitrogen and oxygen atoms in total. The molecule has 1 heterocycles. The molecule has 4 aromatic rings. The van der Waals surface area contributed by atoms with E-state index in [4.69, 9.17) is 26.1 Å². The first kappa shape index (κ1) is 23.6. The van der Waals surface area contributed by atoms with E-state index in [1.165, 1.54) is 0 Å². The largest absolute Gasteiger partial charge is 0.497 e. The van der Waals surface area contributed by atoms with Gasteiger partial charge in [-0.3, -0.25) is 4.79 Å². The zero-order chi connectivity index (χ0) is 24.1. The molecule has 0 radical (unpaired) electrons. The van der Waals surface area contributed by atoms with Crippen LogP contribution in [0.25, 0.3) is 11.0 Å². The van der Waals surface area contributed by atoms with E-state index in [-0.39, 0.29) is 5.91 Å². The van der Waals surface area contributed by atoms with E-state index in [0.717, 1.165) is 38.8 Å². The van der Waals surface area contributed by atoms with Crippen molar-refractivity contribution in [2.24, 2.45) is 0 Å². The molecular formula is C27H28ClN3O3. The third kappa shape index (κ3) is 5.34. The number of fused-ring (bicyclic) bond motifs is 1. The Morgan fingerprint density at radius 2 is 1.79 bits per heavy atom. The highest BCUT2D eigenvalue weighted by Gasteiger charge is 2.12. The van der Waals surface area contributed by atoms with Crippen LogP contribution in [-0.2, 0) is 13.0 Å². The smallest absolute Gasteiger partial charge is 0.251 e. The van der Waals surface area contributed by atoms with E-state index in [1.807, 2.05) is 50.2 Å². The molecule has 1 aromatic heterocycles. The van der Waals surface area contributed by atoms with E-state index in [0.29, 0.717) is 37.4 Å². The molecule has 0 aliphatic carbocycles. The lowest BCUT2D eigenvalue weighted by molar-refractivity contribution is 0.0953. The van der Waals surface area contributed by atoms with Crippen LogP contribution in [-0.4, -0.2) is 35.7 Å². The van der Waals surface area contributed by atoms with E-state index < -0.39 is 0 Å². The molecule has 0 aliphatic heterocycles. The number of carbonyl (C=O) groups excluding carboxylic acids is 1. The van der Waals surface area contributed by atoms with Gasteiger partial charge in [-0.1, -0.05) is 29.8 Å². The average molecular weight is 478 g/mol. The molecule has 1 amide bonds. The Bertz CT molecular complexity index is 1290. The van der Waals surface area contributed by atoms with Gasteiger partial charge in [0.1, 0.15) is 23.9 Å². The van der Waals surface area contributed by atoms with Crippen LogP contribution < -0.4 is 14.8 Å². The van der Waals surface area contributed by atoms with Crippen molar-refractivity contribution in [3.05, 3.63) is 88.2 Å². The Kier molecular flexibility index (Phi) is 7.38. The molecule has 1 N–H and O–H groups in total. The summed E-state index contributed by atoms with van der Waals surface area (Å²) in [6.07, 6.45) is 0.601. The molecule has 0 atom stereocenters. The van der Waals surface area contributed by atoms with Crippen molar-refractivity contribution in [3.63, 3.8) is 0 Å². The number of rotatable bonds is 9. The molecule has 34 heavy (non-hydrogen) atoms. The number of imidazole rings is 1. The number of ether oxygens (including phenoxy) is 2. The van der Waals surface area contributed by atoms with Crippen LogP contribution in [0.2, 0.25) is 5.02 Å². The number of hydrogen-bond donors (Lipinski definition) is 1. The quantitative estimate of drug-likeness (QED) is 0.352. The summed E-state index contributed by atoms with van der Waals surface area (Å²) in [6, 6.07) is 19.0. The maximum atomic E-state index is 12.5. The van der Waals surface area contributed by atoms with Gasteiger partial charge in [0.05, 0.1) is 24.7 Å². The fraction of sp³-hybridized carbons (Fsp3) is 0.259. The number of aromatic nitrogens is 2. The molecule has 0 bridgehead atoms. The van der Waals surface area contributed by atoms with E-state index >= 15 is 0 Å². The Balaban J connectivity index is 1.43. The van der Waals surface area contributed by atoms with Crippen LogP contribution in [0, 0.1) is 13.8 Å². The highest BCUT2D eigenvalue weighted by Crippen LogP contribution is 2.26. The van der Waals surface area contributed by atoms with Gasteiger partial charge in [0.25, 0.3) is 5.91 Å². The Labute approximate surface area is 204 Å². The average Bonchev–Trinajstić information content (AvgIpc) is 3.19. The summed E-state index contributed by atoms with van der Waals surface area (Å²) in [5, 5.41) is 3.75. The van der Waals surface area contributed by atoms with Crippen LogP contribution in [0.3, 0.4) is 0 Å². The standard InChI is InChI=1S/C27H28ClN3O3/c1-18-15-22(16-19(2)26(18)28)34-14-13-31-24-10-5-4-9-23(24)30-25(31)11-12-29-27(32)20-7-6-8-21(17-20)33-3/h4-10,15-17H,11-14H2,1-3H3,(H,29,32). The van der Waals surface area contributed by atoms with Crippen LogP contribution in [0.5, 0.6) is 11.5 Å². The third-order valence-electron chi connectivity index (χ3n) is 5.69. The van der Waals surface area contributed by atoms with Gasteiger partial charge in [-0.2, -0.15) is 0 Å². The monoisotopic (exact) mass is 477 g/mol. The van der Waals surface area contributed by atoms with Crippen molar-refractivity contribution in [2.75, 3.05) is 20.3 Å². The minimum atomic E-state index is -0.140. The predicted octanol–water partition coefficient (Wildman–Crippen LogP) is 5.37. The molecule has 0 unspecified atom stereocenters. The number of amides is 1. The normalized spacial score (nSPS) is 10.9. The molecule has 7 heteroatoms. The number of hydrogen-bond acceptors (Lipinski definition) is 4. The minimum absolute atomic E-state index is 0.140. The zero-order valence-corrected chi connectivity index (χ0v) is 20.4. The molecule has 4 rings (SSSR count). The molecule has 0 aliphatic rings. The SMILES string of the molecule is COc1cccc(C(=O)NCCc2nc3ccccc3n2CCOc2cc(C)c(Cl)c(C)c2)c1. The summed E-state index contributed by atoms with van der Waals surface area (Å²) in [6.45, 7) is 5.55. The van der Waals surface area contributed by atoms with Gasteiger partial charge >= 0.3 is 0 Å². The van der Waals surface area contributed by atoms with Gasteiger partial charge in [-0.25, -0.2) is 4.98 Å². The van der Waals surface area contributed by atoms with Gasteiger partial charge in [0.15, 0.2) is 0 Å². The molecule has 0 spiro atoms. The molecular weight excluding hydrogens is 450 g/mol. The fourth-order valence-corrected chi connectivity index (χ4v) is 4.07. The van der Waals surface area contributed by atoms with Gasteiger partial charge in [0.2, 0.25) is 0 Å². The molecule has 0 saturated carbocycles. The number of para-hydroxylation sites is 2. The first-order valence-corrected chi connectivity index (χ1v) is 11.6. The van der Waals surface area contributed by atoms with Gasteiger partial charge in [-0.05, 0) is 67.4 Å². The second-order valence-electron chi connectivity index (χ2n) is 8.13. The van der Waals surface area contributed by atoms with Gasteiger partial charge in [0, 0.05) is 23.6 Å². The molecule has 0 fully saturated rings. The van der Waals surface area contributed by atoms with Crippen molar-refractivity contribution in [3.8, 4) is 11.5 Å². The number of benzene rings is 3.